The molecule has 0 radical (unpaired) electrons. The third kappa shape index (κ3) is 3.19. The van der Waals surface area contributed by atoms with Gasteiger partial charge in [0.05, 0.1) is 4.90 Å². The van der Waals surface area contributed by atoms with Gasteiger partial charge in [-0.3, -0.25) is 0 Å². The van der Waals surface area contributed by atoms with Crippen LogP contribution in [0.5, 0.6) is 0 Å². The predicted octanol–water partition coefficient (Wildman–Crippen LogP) is 0.838. The van der Waals surface area contributed by atoms with Gasteiger partial charge in [0.1, 0.15) is 4.90 Å². The summed E-state index contributed by atoms with van der Waals surface area (Å²) in [4.78, 5) is -0.327. The molecule has 0 amide bonds. The first-order valence-electron chi connectivity index (χ1n) is 7.01. The van der Waals surface area contributed by atoms with Crippen molar-refractivity contribution < 1.29 is 16.8 Å². The molecule has 1 aromatic carbocycles. The van der Waals surface area contributed by atoms with Crippen LogP contribution in [0.25, 0.3) is 0 Å². The second kappa shape index (κ2) is 5.59. The lowest BCUT2D eigenvalue weighted by Crippen LogP contribution is -2.53. The molecule has 2 N–H and O–H groups in total. The molecule has 1 fully saturated rings. The SMILES string of the molecule is CC1(C)CN(S(=O)(=O)c2ccccc2S(C)(=O)=O)CCC1N. The van der Waals surface area contributed by atoms with Crippen LogP contribution in [-0.4, -0.2) is 46.5 Å². The molecule has 1 atom stereocenters. The van der Waals surface area contributed by atoms with Crippen molar-refractivity contribution in [2.24, 2.45) is 11.1 Å². The van der Waals surface area contributed by atoms with Crippen molar-refractivity contribution in [3.63, 3.8) is 0 Å². The molecule has 0 aliphatic carbocycles. The summed E-state index contributed by atoms with van der Waals surface area (Å²) in [5.41, 5.74) is 5.68. The van der Waals surface area contributed by atoms with E-state index in [0.717, 1.165) is 6.26 Å². The summed E-state index contributed by atoms with van der Waals surface area (Å²) in [5, 5.41) is 0. The van der Waals surface area contributed by atoms with Crippen LogP contribution < -0.4 is 5.73 Å². The van der Waals surface area contributed by atoms with Crippen molar-refractivity contribution in [2.75, 3.05) is 19.3 Å². The summed E-state index contributed by atoms with van der Waals surface area (Å²) >= 11 is 0. The maximum atomic E-state index is 12.9. The Kier molecular flexibility index (Phi) is 4.42. The maximum Gasteiger partial charge on any atom is 0.244 e. The molecule has 1 unspecified atom stereocenters. The van der Waals surface area contributed by atoms with E-state index in [9.17, 15) is 16.8 Å². The van der Waals surface area contributed by atoms with Gasteiger partial charge < -0.3 is 5.73 Å². The lowest BCUT2D eigenvalue weighted by Gasteiger charge is -2.41. The Bertz CT molecular complexity index is 770. The molecule has 0 spiro atoms. The molecular formula is C14H22N2O4S2. The molecule has 22 heavy (non-hydrogen) atoms. The van der Waals surface area contributed by atoms with Gasteiger partial charge in [-0.1, -0.05) is 26.0 Å². The third-order valence-electron chi connectivity index (χ3n) is 4.14. The van der Waals surface area contributed by atoms with E-state index >= 15 is 0 Å². The second-order valence-electron chi connectivity index (χ2n) is 6.44. The number of sulfonamides is 1. The molecule has 1 aliphatic heterocycles. The van der Waals surface area contributed by atoms with Crippen LogP contribution >= 0.6 is 0 Å². The van der Waals surface area contributed by atoms with Gasteiger partial charge in [-0.2, -0.15) is 4.31 Å². The summed E-state index contributed by atoms with van der Waals surface area (Å²) in [6.45, 7) is 4.41. The summed E-state index contributed by atoms with van der Waals surface area (Å²) in [5.74, 6) is 0. The van der Waals surface area contributed by atoms with E-state index in [4.69, 9.17) is 5.73 Å². The van der Waals surface area contributed by atoms with Crippen molar-refractivity contribution in [3.8, 4) is 0 Å². The Hall–Kier alpha value is -0.960. The minimum absolute atomic E-state index is 0.0795. The smallest absolute Gasteiger partial charge is 0.244 e. The fraction of sp³-hybridized carbons (Fsp3) is 0.571. The molecule has 1 saturated heterocycles. The molecule has 1 aliphatic rings. The number of hydrogen-bond acceptors (Lipinski definition) is 5. The Morgan fingerprint density at radius 3 is 2.18 bits per heavy atom. The van der Waals surface area contributed by atoms with E-state index in [2.05, 4.69) is 0 Å². The van der Waals surface area contributed by atoms with Gasteiger partial charge in [0.25, 0.3) is 0 Å². The van der Waals surface area contributed by atoms with Crippen LogP contribution in [0.4, 0.5) is 0 Å². The fourth-order valence-electron chi connectivity index (χ4n) is 2.64. The quantitative estimate of drug-likeness (QED) is 0.874. The Morgan fingerprint density at radius 2 is 1.68 bits per heavy atom. The first-order valence-corrected chi connectivity index (χ1v) is 10.3. The molecule has 124 valence electrons. The Labute approximate surface area is 132 Å². The van der Waals surface area contributed by atoms with E-state index < -0.39 is 19.9 Å². The van der Waals surface area contributed by atoms with Crippen molar-refractivity contribution in [1.29, 1.82) is 0 Å². The van der Waals surface area contributed by atoms with Gasteiger partial charge in [-0.25, -0.2) is 16.8 Å². The normalized spacial score (nSPS) is 23.4. The molecule has 0 bridgehead atoms. The van der Waals surface area contributed by atoms with Gasteiger partial charge in [0.15, 0.2) is 9.84 Å². The number of piperidine rings is 1. The van der Waals surface area contributed by atoms with Crippen molar-refractivity contribution >= 4 is 19.9 Å². The van der Waals surface area contributed by atoms with Crippen LogP contribution in [0.15, 0.2) is 34.1 Å². The molecule has 8 heteroatoms. The van der Waals surface area contributed by atoms with E-state index in [1.807, 2.05) is 13.8 Å². The van der Waals surface area contributed by atoms with Crippen LogP contribution in [0.3, 0.4) is 0 Å². The summed E-state index contributed by atoms with van der Waals surface area (Å²) < 4.78 is 50.8. The summed E-state index contributed by atoms with van der Waals surface area (Å²) in [7, 11) is -7.50. The largest absolute Gasteiger partial charge is 0.327 e. The molecule has 1 aromatic rings. The number of nitrogens with zero attached hydrogens (tertiary/aromatic N) is 1. The topological polar surface area (TPSA) is 97.5 Å². The van der Waals surface area contributed by atoms with Gasteiger partial charge in [-0.05, 0) is 24.0 Å². The predicted molar refractivity (Wildman–Crippen MR) is 84.7 cm³/mol. The highest BCUT2D eigenvalue weighted by Gasteiger charge is 2.40. The van der Waals surface area contributed by atoms with Crippen LogP contribution in [0, 0.1) is 5.41 Å². The lowest BCUT2D eigenvalue weighted by atomic mass is 9.81. The van der Waals surface area contributed by atoms with Crippen LogP contribution in [0.1, 0.15) is 20.3 Å². The zero-order valence-electron chi connectivity index (χ0n) is 13.0. The number of rotatable bonds is 3. The van der Waals surface area contributed by atoms with E-state index in [-0.39, 0.29) is 27.8 Å². The van der Waals surface area contributed by atoms with Crippen molar-refractivity contribution in [1.82, 2.24) is 4.31 Å². The first kappa shape index (κ1) is 17.4. The Balaban J connectivity index is 2.49. The monoisotopic (exact) mass is 346 g/mol. The van der Waals surface area contributed by atoms with E-state index in [0.29, 0.717) is 13.0 Å². The van der Waals surface area contributed by atoms with Gasteiger partial charge in [0.2, 0.25) is 10.0 Å². The average molecular weight is 346 g/mol. The maximum absolute atomic E-state index is 12.9. The molecule has 6 nitrogen and oxygen atoms in total. The van der Waals surface area contributed by atoms with Crippen molar-refractivity contribution in [2.45, 2.75) is 36.1 Å². The number of nitrogens with two attached hydrogens (primary N) is 1. The highest BCUT2D eigenvalue weighted by molar-refractivity contribution is 7.93. The number of sulfone groups is 1. The minimum atomic E-state index is -3.87. The van der Waals surface area contributed by atoms with E-state index in [1.165, 1.54) is 28.6 Å². The average Bonchev–Trinajstić information content (AvgIpc) is 2.40. The standard InChI is InChI=1S/C14H22N2O4S2/c1-14(2)10-16(9-8-13(14)15)22(19,20)12-7-5-4-6-11(12)21(3,17)18/h4-7,13H,8-10,15H2,1-3H3. The number of benzene rings is 1. The zero-order valence-corrected chi connectivity index (χ0v) is 14.6. The fourth-order valence-corrected chi connectivity index (χ4v) is 5.87. The number of hydrogen-bond donors (Lipinski definition) is 1. The van der Waals surface area contributed by atoms with Gasteiger partial charge in [-0.15, -0.1) is 0 Å². The molecule has 0 saturated carbocycles. The second-order valence-corrected chi connectivity index (χ2v) is 10.3. The lowest BCUT2D eigenvalue weighted by molar-refractivity contribution is 0.155. The van der Waals surface area contributed by atoms with Crippen molar-refractivity contribution in [3.05, 3.63) is 24.3 Å². The first-order chi connectivity index (χ1) is 9.96. The molecule has 0 aromatic heterocycles. The van der Waals surface area contributed by atoms with Crippen LogP contribution in [-0.2, 0) is 19.9 Å². The summed E-state index contributed by atoms with van der Waals surface area (Å²) in [6, 6.07) is 5.63. The molecular weight excluding hydrogens is 324 g/mol. The van der Waals surface area contributed by atoms with E-state index in [1.54, 1.807) is 0 Å². The minimum Gasteiger partial charge on any atom is -0.327 e. The zero-order chi connectivity index (χ0) is 16.8. The highest BCUT2D eigenvalue weighted by Crippen LogP contribution is 2.32. The Morgan fingerprint density at radius 1 is 1.14 bits per heavy atom. The molecule has 1 heterocycles. The molecule has 2 rings (SSSR count). The van der Waals surface area contributed by atoms with Gasteiger partial charge in [0, 0.05) is 25.4 Å². The highest BCUT2D eigenvalue weighted by atomic mass is 32.2. The summed E-state index contributed by atoms with van der Waals surface area (Å²) in [6.07, 6.45) is 1.56. The third-order valence-corrected chi connectivity index (χ3v) is 7.33. The van der Waals surface area contributed by atoms with Crippen LogP contribution in [0.2, 0.25) is 0 Å². The van der Waals surface area contributed by atoms with Gasteiger partial charge >= 0.3 is 0 Å².